The van der Waals surface area contributed by atoms with Crippen molar-refractivity contribution in [2.75, 3.05) is 0 Å². The topological polar surface area (TPSA) is 79.7 Å². The lowest BCUT2D eigenvalue weighted by Crippen LogP contribution is -2.29. The van der Waals surface area contributed by atoms with E-state index in [0.717, 1.165) is 16.7 Å². The van der Waals surface area contributed by atoms with Crippen LogP contribution in [0.25, 0.3) is 5.76 Å². The molecule has 190 valence electrons. The number of ketones is 1. The van der Waals surface area contributed by atoms with Crippen LogP contribution in [-0.4, -0.2) is 26.7 Å². The van der Waals surface area contributed by atoms with Gasteiger partial charge >= 0.3 is 0 Å². The van der Waals surface area contributed by atoms with Crippen molar-refractivity contribution in [3.8, 4) is 5.75 Å². The molecule has 0 saturated carbocycles. The molecule has 1 amide bonds. The molecule has 0 radical (unpaired) electrons. The average molecular weight is 509 g/mol. The zero-order valence-corrected chi connectivity index (χ0v) is 20.7. The smallest absolute Gasteiger partial charge is 0.295 e. The number of amides is 1. The highest BCUT2D eigenvalue weighted by Gasteiger charge is 2.46. The summed E-state index contributed by atoms with van der Waals surface area (Å²) in [4.78, 5) is 31.8. The SMILES string of the molecule is Cc1cccc(COc2ccc(C(O)=C3C(=O)C(=O)N(Cc4cccnc4)[C@@H]3c3ccc(F)cc3)cc2)c1. The fraction of sp³-hybridized carbons (Fsp3) is 0.129. The van der Waals surface area contributed by atoms with Crippen molar-refractivity contribution in [3.05, 3.63) is 137 Å². The summed E-state index contributed by atoms with van der Waals surface area (Å²) in [7, 11) is 0. The van der Waals surface area contributed by atoms with Gasteiger partial charge in [-0.1, -0.05) is 48.0 Å². The second-order valence-corrected chi connectivity index (χ2v) is 9.14. The van der Waals surface area contributed by atoms with E-state index < -0.39 is 23.5 Å². The Bertz CT molecular complexity index is 1500. The number of carbonyl (C=O) groups excluding carboxylic acids is 2. The summed E-state index contributed by atoms with van der Waals surface area (Å²) in [5.74, 6) is -1.71. The normalized spacial score (nSPS) is 16.6. The number of carbonyl (C=O) groups is 2. The van der Waals surface area contributed by atoms with Gasteiger partial charge in [-0.15, -0.1) is 0 Å². The van der Waals surface area contributed by atoms with E-state index in [4.69, 9.17) is 4.74 Å². The number of aromatic nitrogens is 1. The Morgan fingerprint density at radius 3 is 2.39 bits per heavy atom. The van der Waals surface area contributed by atoms with Gasteiger partial charge in [0.25, 0.3) is 11.7 Å². The van der Waals surface area contributed by atoms with E-state index in [9.17, 15) is 19.1 Å². The molecule has 38 heavy (non-hydrogen) atoms. The monoisotopic (exact) mass is 508 g/mol. The van der Waals surface area contributed by atoms with Crippen LogP contribution in [0, 0.1) is 12.7 Å². The van der Waals surface area contributed by atoms with Crippen LogP contribution in [0.5, 0.6) is 5.75 Å². The van der Waals surface area contributed by atoms with Gasteiger partial charge in [0.1, 0.15) is 23.9 Å². The third kappa shape index (κ3) is 5.18. The number of nitrogens with zero attached hydrogens (tertiary/aromatic N) is 2. The molecule has 7 heteroatoms. The summed E-state index contributed by atoms with van der Waals surface area (Å²) in [6.07, 6.45) is 3.22. The number of aliphatic hydroxyl groups excluding tert-OH is 1. The van der Waals surface area contributed by atoms with Gasteiger partial charge in [-0.05, 0) is 66.1 Å². The zero-order valence-electron chi connectivity index (χ0n) is 20.7. The molecule has 1 saturated heterocycles. The zero-order chi connectivity index (χ0) is 26.6. The molecule has 1 atom stereocenters. The molecule has 4 aromatic rings. The number of likely N-dealkylation sites (tertiary alicyclic amines) is 1. The molecule has 0 bridgehead atoms. The van der Waals surface area contributed by atoms with Crippen LogP contribution < -0.4 is 4.74 Å². The summed E-state index contributed by atoms with van der Waals surface area (Å²) in [5, 5.41) is 11.3. The fourth-order valence-electron chi connectivity index (χ4n) is 4.56. The summed E-state index contributed by atoms with van der Waals surface area (Å²) < 4.78 is 19.6. The lowest BCUT2D eigenvalue weighted by atomic mass is 9.95. The highest BCUT2D eigenvalue weighted by molar-refractivity contribution is 6.46. The molecule has 3 aromatic carbocycles. The van der Waals surface area contributed by atoms with Gasteiger partial charge in [0.05, 0.1) is 11.6 Å². The molecule has 1 aromatic heterocycles. The minimum absolute atomic E-state index is 0.0565. The van der Waals surface area contributed by atoms with Crippen LogP contribution in [0.2, 0.25) is 0 Å². The number of hydrogen-bond donors (Lipinski definition) is 1. The van der Waals surface area contributed by atoms with Crippen molar-refractivity contribution >= 4 is 17.4 Å². The maximum atomic E-state index is 13.7. The van der Waals surface area contributed by atoms with Crippen molar-refractivity contribution in [2.24, 2.45) is 0 Å². The Morgan fingerprint density at radius 1 is 0.974 bits per heavy atom. The van der Waals surface area contributed by atoms with Crippen LogP contribution in [0.4, 0.5) is 4.39 Å². The first kappa shape index (κ1) is 24.9. The summed E-state index contributed by atoms with van der Waals surface area (Å²) in [5.41, 5.74) is 3.70. The van der Waals surface area contributed by atoms with E-state index in [2.05, 4.69) is 4.98 Å². The molecule has 2 heterocycles. The van der Waals surface area contributed by atoms with Crippen molar-refractivity contribution in [3.63, 3.8) is 0 Å². The van der Waals surface area contributed by atoms with E-state index in [1.165, 1.54) is 29.2 Å². The van der Waals surface area contributed by atoms with Gasteiger partial charge in [0, 0.05) is 24.5 Å². The van der Waals surface area contributed by atoms with Crippen molar-refractivity contribution in [1.29, 1.82) is 0 Å². The van der Waals surface area contributed by atoms with Crippen molar-refractivity contribution < 1.29 is 23.8 Å². The number of rotatable bonds is 7. The van der Waals surface area contributed by atoms with Crippen LogP contribution in [0.1, 0.15) is 33.9 Å². The molecule has 1 N–H and O–H groups in total. The van der Waals surface area contributed by atoms with E-state index in [1.807, 2.05) is 31.2 Å². The van der Waals surface area contributed by atoms with Gasteiger partial charge < -0.3 is 14.7 Å². The molecule has 5 rings (SSSR count). The lowest BCUT2D eigenvalue weighted by molar-refractivity contribution is -0.140. The van der Waals surface area contributed by atoms with Gasteiger partial charge in [0.2, 0.25) is 0 Å². The highest BCUT2D eigenvalue weighted by atomic mass is 19.1. The van der Waals surface area contributed by atoms with E-state index in [0.29, 0.717) is 23.5 Å². The predicted octanol–water partition coefficient (Wildman–Crippen LogP) is 5.73. The first-order chi connectivity index (χ1) is 18.4. The minimum Gasteiger partial charge on any atom is -0.507 e. The lowest BCUT2D eigenvalue weighted by Gasteiger charge is -2.25. The third-order valence-electron chi connectivity index (χ3n) is 6.42. The number of pyridine rings is 1. The second-order valence-electron chi connectivity index (χ2n) is 9.14. The minimum atomic E-state index is -0.895. The molecule has 1 aliphatic rings. The second kappa shape index (κ2) is 10.7. The summed E-state index contributed by atoms with van der Waals surface area (Å²) in [6.45, 7) is 2.50. The molecule has 0 aliphatic carbocycles. The maximum Gasteiger partial charge on any atom is 0.295 e. The molecule has 1 fully saturated rings. The van der Waals surface area contributed by atoms with Crippen molar-refractivity contribution in [2.45, 2.75) is 26.1 Å². The Balaban J connectivity index is 1.47. The Kier molecular flexibility index (Phi) is 7.00. The van der Waals surface area contributed by atoms with Gasteiger partial charge in [-0.3, -0.25) is 14.6 Å². The van der Waals surface area contributed by atoms with Crippen LogP contribution in [0.3, 0.4) is 0 Å². The first-order valence-corrected chi connectivity index (χ1v) is 12.1. The Hall–Kier alpha value is -4.78. The van der Waals surface area contributed by atoms with E-state index in [1.54, 1.807) is 48.8 Å². The number of ether oxygens (including phenoxy) is 1. The molecule has 0 spiro atoms. The highest BCUT2D eigenvalue weighted by Crippen LogP contribution is 2.40. The molecule has 1 aliphatic heterocycles. The van der Waals surface area contributed by atoms with Gasteiger partial charge in [-0.2, -0.15) is 0 Å². The number of aliphatic hydroxyl groups is 1. The van der Waals surface area contributed by atoms with E-state index in [-0.39, 0.29) is 17.9 Å². The van der Waals surface area contributed by atoms with Gasteiger partial charge in [-0.25, -0.2) is 4.39 Å². The number of aryl methyl sites for hydroxylation is 1. The van der Waals surface area contributed by atoms with Crippen molar-refractivity contribution in [1.82, 2.24) is 9.88 Å². The molecular formula is C31H25FN2O4. The van der Waals surface area contributed by atoms with Crippen LogP contribution in [-0.2, 0) is 22.7 Å². The third-order valence-corrected chi connectivity index (χ3v) is 6.42. The predicted molar refractivity (Wildman–Crippen MR) is 140 cm³/mol. The Labute approximate surface area is 219 Å². The number of hydrogen-bond acceptors (Lipinski definition) is 5. The number of halogens is 1. The molecule has 6 nitrogen and oxygen atoms in total. The summed E-state index contributed by atoms with van der Waals surface area (Å²) in [6, 6.07) is 22.9. The van der Waals surface area contributed by atoms with E-state index >= 15 is 0 Å². The molecule has 0 unspecified atom stereocenters. The quantitative estimate of drug-likeness (QED) is 0.196. The molecular weight excluding hydrogens is 483 g/mol. The summed E-state index contributed by atoms with van der Waals surface area (Å²) >= 11 is 0. The first-order valence-electron chi connectivity index (χ1n) is 12.1. The maximum absolute atomic E-state index is 13.7. The standard InChI is InChI=1S/C31H25FN2O4/c1-20-4-2-5-21(16-20)19-38-26-13-9-24(10-14-26)29(35)27-28(23-7-11-25(32)12-8-23)34(31(37)30(27)36)18-22-6-3-15-33-17-22/h2-17,28,35H,18-19H2,1H3/t28-/m1/s1. The fourth-order valence-corrected chi connectivity index (χ4v) is 4.56. The Morgan fingerprint density at radius 2 is 1.71 bits per heavy atom. The van der Waals surface area contributed by atoms with Crippen LogP contribution >= 0.6 is 0 Å². The van der Waals surface area contributed by atoms with Crippen LogP contribution in [0.15, 0.2) is 103 Å². The largest absolute Gasteiger partial charge is 0.507 e. The average Bonchev–Trinajstić information content (AvgIpc) is 3.18. The number of benzene rings is 3. The van der Waals surface area contributed by atoms with Gasteiger partial charge in [0.15, 0.2) is 0 Å². The number of Topliss-reactive ketones (excluding diaryl/α,β-unsaturated/α-hetero) is 1.